The summed E-state index contributed by atoms with van der Waals surface area (Å²) in [5.74, 6) is 0. The Morgan fingerprint density at radius 1 is 1.86 bits per heavy atom. The van der Waals surface area contributed by atoms with Crippen LogP contribution in [0.3, 0.4) is 0 Å². The molecule has 1 heterocycles. The van der Waals surface area contributed by atoms with E-state index in [-0.39, 0.29) is 0 Å². The third-order valence-corrected chi connectivity index (χ3v) is 0.674. The highest BCUT2D eigenvalue weighted by Gasteiger charge is 1.88. The Balaban J connectivity index is 2.76. The fourth-order valence-electron chi connectivity index (χ4n) is 0.299. The molecule has 1 aromatic rings. The highest BCUT2D eigenvalue weighted by molar-refractivity contribution is 5.00. The molecule has 3 heteroatoms. The second-order valence-electron chi connectivity index (χ2n) is 1.12. The van der Waals surface area contributed by atoms with Crippen LogP contribution in [0.4, 0.5) is 0 Å². The molecule has 7 heavy (non-hydrogen) atoms. The molecular weight excluding hydrogens is 92.1 g/mol. The summed E-state index contributed by atoms with van der Waals surface area (Å²) in [6.45, 7) is 1.87. The van der Waals surface area contributed by atoms with Crippen molar-refractivity contribution in [3.63, 3.8) is 0 Å². The van der Waals surface area contributed by atoms with Crippen molar-refractivity contribution in [2.24, 2.45) is 0 Å². The average molecular weight is 97.1 g/mol. The van der Waals surface area contributed by atoms with Crippen LogP contribution in [0, 0.1) is 6.42 Å². The van der Waals surface area contributed by atoms with Gasteiger partial charge in [0.15, 0.2) is 0 Å². The summed E-state index contributed by atoms with van der Waals surface area (Å²) >= 11 is 0. The Hall–Kier alpha value is -0.860. The van der Waals surface area contributed by atoms with Crippen molar-refractivity contribution >= 4 is 0 Å². The molecular formula is C4H5N2O. The largest absolute Gasteiger partial charge is 0.244 e. The Bertz CT molecular complexity index is 124. The zero-order valence-corrected chi connectivity index (χ0v) is 3.96. The lowest BCUT2D eigenvalue weighted by Crippen LogP contribution is -1.70. The van der Waals surface area contributed by atoms with Gasteiger partial charge in [0.25, 0.3) is 0 Å². The SMILES string of the molecule is C[CH]c1cnon1. The predicted molar refractivity (Wildman–Crippen MR) is 23.4 cm³/mol. The molecule has 0 N–H and O–H groups in total. The third kappa shape index (κ3) is 0.765. The number of hydrogen-bond acceptors (Lipinski definition) is 3. The second kappa shape index (κ2) is 1.73. The van der Waals surface area contributed by atoms with Crippen molar-refractivity contribution in [1.82, 2.24) is 10.3 Å². The van der Waals surface area contributed by atoms with E-state index in [1.807, 2.05) is 13.3 Å². The van der Waals surface area contributed by atoms with E-state index < -0.39 is 0 Å². The van der Waals surface area contributed by atoms with Crippen molar-refractivity contribution in [1.29, 1.82) is 0 Å². The molecule has 0 saturated heterocycles. The molecule has 0 atom stereocenters. The Kier molecular flexibility index (Phi) is 1.06. The normalized spacial score (nSPS) is 9.29. The van der Waals surface area contributed by atoms with Gasteiger partial charge in [0.05, 0.1) is 6.20 Å². The molecule has 1 radical (unpaired) electrons. The molecule has 0 aliphatic rings. The number of nitrogens with zero attached hydrogens (tertiary/aromatic N) is 2. The van der Waals surface area contributed by atoms with Crippen LogP contribution < -0.4 is 0 Å². The highest BCUT2D eigenvalue weighted by Crippen LogP contribution is 1.90. The first kappa shape index (κ1) is 4.30. The lowest BCUT2D eigenvalue weighted by atomic mass is 10.4. The zero-order valence-electron chi connectivity index (χ0n) is 3.96. The summed E-state index contributed by atoms with van der Waals surface area (Å²) < 4.78 is 4.27. The Morgan fingerprint density at radius 3 is 3.00 bits per heavy atom. The molecule has 0 aliphatic heterocycles. The number of hydrogen-bond donors (Lipinski definition) is 0. The quantitative estimate of drug-likeness (QED) is 0.516. The second-order valence-corrected chi connectivity index (χ2v) is 1.12. The molecule has 0 fully saturated rings. The van der Waals surface area contributed by atoms with Gasteiger partial charge in [-0.2, -0.15) is 0 Å². The van der Waals surface area contributed by atoms with Crippen LogP contribution in [0.5, 0.6) is 0 Å². The Morgan fingerprint density at radius 2 is 2.71 bits per heavy atom. The fourth-order valence-corrected chi connectivity index (χ4v) is 0.299. The molecule has 1 rings (SSSR count). The van der Waals surface area contributed by atoms with Gasteiger partial charge in [-0.1, -0.05) is 17.2 Å². The molecule has 0 bridgehead atoms. The van der Waals surface area contributed by atoms with Gasteiger partial charge in [-0.05, 0) is 0 Å². The van der Waals surface area contributed by atoms with Crippen LogP contribution in [0.25, 0.3) is 0 Å². The molecule has 0 amide bonds. The van der Waals surface area contributed by atoms with Gasteiger partial charge in [-0.3, -0.25) is 0 Å². The van der Waals surface area contributed by atoms with Crippen LogP contribution >= 0.6 is 0 Å². The first-order valence-electron chi connectivity index (χ1n) is 2.00. The molecule has 0 aromatic carbocycles. The molecule has 0 saturated carbocycles. The van der Waals surface area contributed by atoms with E-state index >= 15 is 0 Å². The van der Waals surface area contributed by atoms with E-state index in [2.05, 4.69) is 14.9 Å². The van der Waals surface area contributed by atoms with Gasteiger partial charge < -0.3 is 0 Å². The third-order valence-electron chi connectivity index (χ3n) is 0.674. The van der Waals surface area contributed by atoms with E-state index in [0.717, 1.165) is 5.69 Å². The topological polar surface area (TPSA) is 38.9 Å². The molecule has 0 aliphatic carbocycles. The number of rotatable bonds is 1. The number of aromatic nitrogens is 2. The van der Waals surface area contributed by atoms with Gasteiger partial charge in [0.1, 0.15) is 5.69 Å². The van der Waals surface area contributed by atoms with E-state index in [1.54, 1.807) is 6.20 Å². The maximum atomic E-state index is 4.27. The van der Waals surface area contributed by atoms with Crippen LogP contribution in [0.1, 0.15) is 12.6 Å². The monoisotopic (exact) mass is 97.0 g/mol. The molecule has 0 spiro atoms. The van der Waals surface area contributed by atoms with Crippen molar-refractivity contribution in [3.05, 3.63) is 18.3 Å². The summed E-state index contributed by atoms with van der Waals surface area (Å²) in [5, 5.41) is 6.87. The maximum absolute atomic E-state index is 4.27. The lowest BCUT2D eigenvalue weighted by Gasteiger charge is -1.71. The molecule has 37 valence electrons. The van der Waals surface area contributed by atoms with Crippen LogP contribution in [-0.2, 0) is 0 Å². The lowest BCUT2D eigenvalue weighted by molar-refractivity contribution is 0.305. The molecule has 0 unspecified atom stereocenters. The van der Waals surface area contributed by atoms with Crippen molar-refractivity contribution in [2.45, 2.75) is 6.92 Å². The van der Waals surface area contributed by atoms with E-state index in [4.69, 9.17) is 0 Å². The van der Waals surface area contributed by atoms with E-state index in [0.29, 0.717) is 0 Å². The first-order chi connectivity index (χ1) is 3.43. The minimum atomic E-state index is 0.778. The van der Waals surface area contributed by atoms with Gasteiger partial charge in [-0.25, -0.2) is 4.63 Å². The molecule has 3 nitrogen and oxygen atoms in total. The average Bonchev–Trinajstić information content (AvgIpc) is 2.14. The maximum Gasteiger partial charge on any atom is 0.108 e. The van der Waals surface area contributed by atoms with Crippen molar-refractivity contribution in [3.8, 4) is 0 Å². The summed E-state index contributed by atoms with van der Waals surface area (Å²) in [7, 11) is 0. The van der Waals surface area contributed by atoms with E-state index in [1.165, 1.54) is 0 Å². The smallest absolute Gasteiger partial charge is 0.108 e. The molecule has 1 aromatic heterocycles. The van der Waals surface area contributed by atoms with Gasteiger partial charge >= 0.3 is 0 Å². The fraction of sp³-hybridized carbons (Fsp3) is 0.250. The summed E-state index contributed by atoms with van der Waals surface area (Å²) in [4.78, 5) is 0. The minimum Gasteiger partial charge on any atom is -0.244 e. The Labute approximate surface area is 41.3 Å². The summed E-state index contributed by atoms with van der Waals surface area (Å²) in [5.41, 5.74) is 0.778. The van der Waals surface area contributed by atoms with Crippen LogP contribution in [0.15, 0.2) is 10.8 Å². The predicted octanol–water partition coefficient (Wildman–Crippen LogP) is 0.642. The van der Waals surface area contributed by atoms with Crippen LogP contribution in [0.2, 0.25) is 0 Å². The first-order valence-corrected chi connectivity index (χ1v) is 2.00. The summed E-state index contributed by atoms with van der Waals surface area (Å²) in [6, 6.07) is 0. The standard InChI is InChI=1S/C4H5N2O/c1-2-4-3-5-7-6-4/h2-3H,1H3. The van der Waals surface area contributed by atoms with E-state index in [9.17, 15) is 0 Å². The highest BCUT2D eigenvalue weighted by atomic mass is 16.6. The van der Waals surface area contributed by atoms with Crippen molar-refractivity contribution < 1.29 is 4.63 Å². The van der Waals surface area contributed by atoms with Gasteiger partial charge in [0.2, 0.25) is 0 Å². The zero-order chi connectivity index (χ0) is 5.11. The van der Waals surface area contributed by atoms with Crippen LogP contribution in [-0.4, -0.2) is 10.3 Å². The minimum absolute atomic E-state index is 0.778. The summed E-state index contributed by atoms with van der Waals surface area (Å²) in [6.07, 6.45) is 3.37. The van der Waals surface area contributed by atoms with Gasteiger partial charge in [0, 0.05) is 6.42 Å². The van der Waals surface area contributed by atoms with Gasteiger partial charge in [-0.15, -0.1) is 0 Å². The van der Waals surface area contributed by atoms with Crippen molar-refractivity contribution in [2.75, 3.05) is 0 Å².